The third-order valence-corrected chi connectivity index (χ3v) is 1.94. The molecule has 0 aliphatic heterocycles. The maximum absolute atomic E-state index is 10.6. The Morgan fingerprint density at radius 2 is 2.20 bits per heavy atom. The predicted octanol–water partition coefficient (Wildman–Crippen LogP) is 1.64. The van der Waals surface area contributed by atoms with Crippen LogP contribution in [0.1, 0.15) is 0 Å². The molecule has 0 saturated carbocycles. The van der Waals surface area contributed by atoms with Gasteiger partial charge in [-0.3, -0.25) is 9.78 Å². The molecule has 0 fully saturated rings. The highest BCUT2D eigenvalue weighted by molar-refractivity contribution is 6.60. The summed E-state index contributed by atoms with van der Waals surface area (Å²) in [7, 11) is 4.97. The van der Waals surface area contributed by atoms with Crippen molar-refractivity contribution in [3.63, 3.8) is 0 Å². The molecule has 4 nitrogen and oxygen atoms in total. The number of nitrogens with one attached hydrogen (secondary N) is 1. The van der Waals surface area contributed by atoms with Crippen molar-refractivity contribution in [3.05, 3.63) is 30.5 Å². The van der Waals surface area contributed by atoms with Gasteiger partial charge in [0.15, 0.2) is 5.81 Å². The van der Waals surface area contributed by atoms with Gasteiger partial charge in [-0.1, -0.05) is 0 Å². The first-order valence-corrected chi connectivity index (χ1v) is 4.30. The molecule has 2 aromatic rings. The molecule has 0 unspecified atom stereocenters. The van der Waals surface area contributed by atoms with Crippen molar-refractivity contribution >= 4 is 30.2 Å². The van der Waals surface area contributed by atoms with Crippen molar-refractivity contribution < 1.29 is 9.90 Å². The molecule has 0 saturated heterocycles. The highest BCUT2D eigenvalue weighted by Gasteiger charge is 1.99. The fourth-order valence-corrected chi connectivity index (χ4v) is 1.32. The van der Waals surface area contributed by atoms with E-state index >= 15 is 0 Å². The average Bonchev–Trinajstić information content (AvgIpc) is 2.17. The number of phenolic OH excluding ortho intramolecular Hbond substituents is 1. The number of benzene rings is 1. The third-order valence-electron chi connectivity index (χ3n) is 1.94. The van der Waals surface area contributed by atoms with Crippen LogP contribution in [0.2, 0.25) is 0 Å². The summed E-state index contributed by atoms with van der Waals surface area (Å²) in [5, 5.41) is 12.5. The first-order chi connectivity index (χ1) is 7.15. The van der Waals surface area contributed by atoms with E-state index in [0.717, 1.165) is 5.39 Å². The quantitative estimate of drug-likeness (QED) is 0.684. The first kappa shape index (κ1) is 9.52. The molecule has 72 valence electrons. The Kier molecular flexibility index (Phi) is 2.29. The van der Waals surface area contributed by atoms with Gasteiger partial charge in [-0.25, -0.2) is 0 Å². The monoisotopic (exact) mass is 198 g/mol. The summed E-state index contributed by atoms with van der Waals surface area (Å²) < 4.78 is 0. The minimum absolute atomic E-state index is 0.158. The maximum Gasteiger partial charge on any atom is 0.201 e. The highest BCUT2D eigenvalue weighted by Crippen LogP contribution is 2.20. The molecule has 1 aromatic carbocycles. The van der Waals surface area contributed by atoms with Crippen LogP contribution in [0.4, 0.5) is 10.5 Å². The zero-order valence-electron chi connectivity index (χ0n) is 7.77. The SMILES string of the molecule is [B]C(=O)Nc1cnc2cc(O)ccc2c1. The number of fused-ring (bicyclic) bond motifs is 1. The van der Waals surface area contributed by atoms with E-state index < -0.39 is 5.81 Å². The molecule has 5 heteroatoms. The molecule has 2 rings (SSSR count). The molecule has 1 heterocycles. The highest BCUT2D eigenvalue weighted by atomic mass is 16.3. The first-order valence-electron chi connectivity index (χ1n) is 4.30. The van der Waals surface area contributed by atoms with Crippen LogP contribution in [0.3, 0.4) is 0 Å². The Hall–Kier alpha value is -2.04. The number of amides is 1. The molecule has 0 atom stereocenters. The second-order valence-corrected chi connectivity index (χ2v) is 3.09. The van der Waals surface area contributed by atoms with E-state index in [2.05, 4.69) is 10.3 Å². The van der Waals surface area contributed by atoms with Gasteiger partial charge in [-0.2, -0.15) is 0 Å². The van der Waals surface area contributed by atoms with Crippen LogP contribution in [-0.2, 0) is 0 Å². The number of hydrogen-bond donors (Lipinski definition) is 2. The lowest BCUT2D eigenvalue weighted by Gasteiger charge is -2.03. The van der Waals surface area contributed by atoms with Crippen molar-refractivity contribution in [2.75, 3.05) is 5.32 Å². The Morgan fingerprint density at radius 3 is 2.93 bits per heavy atom. The van der Waals surface area contributed by atoms with Gasteiger partial charge in [0.2, 0.25) is 7.85 Å². The van der Waals surface area contributed by atoms with E-state index in [4.69, 9.17) is 7.85 Å². The Bertz CT molecular complexity index is 528. The number of nitrogens with zero attached hydrogens (tertiary/aromatic N) is 1. The van der Waals surface area contributed by atoms with Crippen molar-refractivity contribution in [1.82, 2.24) is 4.98 Å². The predicted molar refractivity (Wildman–Crippen MR) is 58.2 cm³/mol. The Labute approximate surface area is 87.4 Å². The number of phenols is 1. The van der Waals surface area contributed by atoms with Crippen LogP contribution in [0.5, 0.6) is 5.75 Å². The van der Waals surface area contributed by atoms with Gasteiger partial charge in [0.1, 0.15) is 5.75 Å². The molecule has 0 aliphatic carbocycles. The lowest BCUT2D eigenvalue weighted by atomic mass is 10.1. The van der Waals surface area contributed by atoms with Crippen LogP contribution < -0.4 is 5.32 Å². The van der Waals surface area contributed by atoms with E-state index in [-0.39, 0.29) is 5.75 Å². The summed E-state index contributed by atoms with van der Waals surface area (Å²) in [6, 6.07) is 6.54. The molecular formula is C10H7BN2O2. The van der Waals surface area contributed by atoms with Crippen molar-refractivity contribution in [2.24, 2.45) is 0 Å². The molecule has 2 radical (unpaired) electrons. The molecular weight excluding hydrogens is 191 g/mol. The lowest BCUT2D eigenvalue weighted by Crippen LogP contribution is -2.08. The smallest absolute Gasteiger partial charge is 0.201 e. The standard InChI is InChI=1S/C10H7BN2O2/c11-10(15)13-7-3-6-1-2-8(14)4-9(6)12-5-7/h1-5,14H,(H,13,15). The van der Waals surface area contributed by atoms with Crippen LogP contribution in [0.25, 0.3) is 10.9 Å². The van der Waals surface area contributed by atoms with Gasteiger partial charge in [0.05, 0.1) is 17.4 Å². The normalized spacial score (nSPS) is 10.1. The third kappa shape index (κ3) is 2.07. The Balaban J connectivity index is 2.47. The number of hydrogen-bond acceptors (Lipinski definition) is 3. The van der Waals surface area contributed by atoms with Crippen molar-refractivity contribution in [1.29, 1.82) is 0 Å². The van der Waals surface area contributed by atoms with E-state index in [0.29, 0.717) is 11.2 Å². The van der Waals surface area contributed by atoms with E-state index in [9.17, 15) is 9.90 Å². The van der Waals surface area contributed by atoms with Gasteiger partial charge in [-0.05, 0) is 18.2 Å². The van der Waals surface area contributed by atoms with Gasteiger partial charge in [0.25, 0.3) is 0 Å². The second-order valence-electron chi connectivity index (χ2n) is 3.09. The number of carbonyl (C=O) groups is 1. The largest absolute Gasteiger partial charge is 0.508 e. The number of pyridine rings is 1. The lowest BCUT2D eigenvalue weighted by molar-refractivity contribution is 0.269. The zero-order valence-corrected chi connectivity index (χ0v) is 7.77. The molecule has 1 aromatic heterocycles. The van der Waals surface area contributed by atoms with Crippen molar-refractivity contribution in [3.8, 4) is 5.75 Å². The van der Waals surface area contributed by atoms with Crippen LogP contribution in [-0.4, -0.2) is 23.7 Å². The number of rotatable bonds is 1. The maximum atomic E-state index is 10.6. The molecule has 0 spiro atoms. The topological polar surface area (TPSA) is 62.2 Å². The van der Waals surface area contributed by atoms with Gasteiger partial charge >= 0.3 is 0 Å². The van der Waals surface area contributed by atoms with E-state index in [1.165, 1.54) is 6.20 Å². The zero-order chi connectivity index (χ0) is 10.8. The fourth-order valence-electron chi connectivity index (χ4n) is 1.32. The van der Waals surface area contributed by atoms with Gasteiger partial charge in [-0.15, -0.1) is 0 Å². The molecule has 15 heavy (non-hydrogen) atoms. The summed E-state index contributed by atoms with van der Waals surface area (Å²) in [5.41, 5.74) is 1.19. The minimum Gasteiger partial charge on any atom is -0.508 e. The van der Waals surface area contributed by atoms with Crippen LogP contribution >= 0.6 is 0 Å². The minimum atomic E-state index is -0.630. The van der Waals surface area contributed by atoms with E-state index in [1.807, 2.05) is 0 Å². The van der Waals surface area contributed by atoms with Crippen molar-refractivity contribution in [2.45, 2.75) is 0 Å². The van der Waals surface area contributed by atoms with Gasteiger partial charge in [0, 0.05) is 11.5 Å². The molecule has 0 aliphatic rings. The number of aromatic nitrogens is 1. The molecule has 1 amide bonds. The number of carbonyl (C=O) groups excluding carboxylic acids is 1. The summed E-state index contributed by atoms with van der Waals surface area (Å²) in [6.07, 6.45) is 1.48. The second kappa shape index (κ2) is 3.61. The van der Waals surface area contributed by atoms with Gasteiger partial charge < -0.3 is 10.4 Å². The summed E-state index contributed by atoms with van der Waals surface area (Å²) >= 11 is 0. The number of anilines is 1. The van der Waals surface area contributed by atoms with Crippen LogP contribution in [0, 0.1) is 0 Å². The summed E-state index contributed by atoms with van der Waals surface area (Å²) in [6.45, 7) is 0. The average molecular weight is 198 g/mol. The Morgan fingerprint density at radius 1 is 1.40 bits per heavy atom. The fraction of sp³-hybridized carbons (Fsp3) is 0. The van der Waals surface area contributed by atoms with Crippen LogP contribution in [0.15, 0.2) is 30.5 Å². The van der Waals surface area contributed by atoms with E-state index in [1.54, 1.807) is 24.3 Å². The molecule has 2 N–H and O–H groups in total. The summed E-state index contributed by atoms with van der Waals surface area (Å²) in [5.74, 6) is -0.472. The number of aromatic hydroxyl groups is 1. The summed E-state index contributed by atoms with van der Waals surface area (Å²) in [4.78, 5) is 14.7. The molecule has 0 bridgehead atoms.